The molecule has 0 unspecified atom stereocenters. The third kappa shape index (κ3) is 5.26. The van der Waals surface area contributed by atoms with Gasteiger partial charge in [0.1, 0.15) is 0 Å². The fourth-order valence-corrected chi connectivity index (χ4v) is 1.45. The summed E-state index contributed by atoms with van der Waals surface area (Å²) in [6.07, 6.45) is 3.22. The number of nitrogens with one attached hydrogen (secondary N) is 2. The normalized spacial score (nSPS) is 10.2. The van der Waals surface area contributed by atoms with Gasteiger partial charge in [-0.3, -0.25) is 10.1 Å². The molecule has 0 aliphatic rings. The molecule has 1 aromatic carbocycles. The van der Waals surface area contributed by atoms with E-state index < -0.39 is 0 Å². The fraction of sp³-hybridized carbons (Fsp3) is 0.231. The Balaban J connectivity index is 2.50. The highest BCUT2D eigenvalue weighted by Crippen LogP contribution is 2.04. The first-order valence-corrected chi connectivity index (χ1v) is 5.86. The summed E-state index contributed by atoms with van der Waals surface area (Å²) < 4.78 is 0. The lowest BCUT2D eigenvalue weighted by Gasteiger charge is -2.04. The predicted octanol–water partition coefficient (Wildman–Crippen LogP) is 2.02. The van der Waals surface area contributed by atoms with Gasteiger partial charge in [0.05, 0.1) is 0 Å². The summed E-state index contributed by atoms with van der Waals surface area (Å²) in [6.45, 7) is 4.64. The van der Waals surface area contributed by atoms with E-state index in [1.165, 1.54) is 11.6 Å². The van der Waals surface area contributed by atoms with E-state index in [0.717, 1.165) is 5.56 Å². The van der Waals surface area contributed by atoms with Crippen molar-refractivity contribution in [3.63, 3.8) is 0 Å². The van der Waals surface area contributed by atoms with Crippen molar-refractivity contribution < 1.29 is 4.79 Å². The Hall–Kier alpha value is -1.68. The largest absolute Gasteiger partial charge is 0.363 e. The Morgan fingerprint density at radius 2 is 2.00 bits per heavy atom. The fourth-order valence-electron chi connectivity index (χ4n) is 1.21. The summed E-state index contributed by atoms with van der Waals surface area (Å²) in [6, 6.07) is 7.92. The molecule has 2 N–H and O–H groups in total. The Morgan fingerprint density at radius 3 is 2.59 bits per heavy atom. The van der Waals surface area contributed by atoms with E-state index >= 15 is 0 Å². The van der Waals surface area contributed by atoms with Crippen LogP contribution in [0.2, 0.25) is 0 Å². The van der Waals surface area contributed by atoms with Crippen LogP contribution in [0.5, 0.6) is 0 Å². The van der Waals surface area contributed by atoms with Crippen LogP contribution in [0.1, 0.15) is 18.1 Å². The predicted molar refractivity (Wildman–Crippen MR) is 74.6 cm³/mol. The minimum atomic E-state index is -0.225. The van der Waals surface area contributed by atoms with Gasteiger partial charge in [-0.15, -0.1) is 0 Å². The summed E-state index contributed by atoms with van der Waals surface area (Å²) in [5.74, 6) is -0.225. The summed E-state index contributed by atoms with van der Waals surface area (Å²) in [7, 11) is 0. The van der Waals surface area contributed by atoms with Crippen LogP contribution in [0.4, 0.5) is 0 Å². The minimum Gasteiger partial charge on any atom is -0.363 e. The van der Waals surface area contributed by atoms with Gasteiger partial charge < -0.3 is 5.32 Å². The van der Waals surface area contributed by atoms with Crippen LogP contribution in [0.15, 0.2) is 30.3 Å². The average Bonchev–Trinajstić information content (AvgIpc) is 2.28. The van der Waals surface area contributed by atoms with Gasteiger partial charge in [-0.05, 0) is 37.7 Å². The summed E-state index contributed by atoms with van der Waals surface area (Å²) in [5.41, 5.74) is 2.18. The Kier molecular flexibility index (Phi) is 5.36. The highest BCUT2D eigenvalue weighted by atomic mass is 32.1. The number of amides is 1. The highest BCUT2D eigenvalue weighted by Gasteiger charge is 1.98. The van der Waals surface area contributed by atoms with Crippen LogP contribution >= 0.6 is 12.2 Å². The molecule has 90 valence electrons. The monoisotopic (exact) mass is 248 g/mol. The first-order valence-electron chi connectivity index (χ1n) is 5.45. The topological polar surface area (TPSA) is 41.1 Å². The van der Waals surface area contributed by atoms with Crippen molar-refractivity contribution in [3.05, 3.63) is 41.5 Å². The zero-order valence-electron chi connectivity index (χ0n) is 9.99. The number of carbonyl (C=O) groups is 1. The highest BCUT2D eigenvalue weighted by molar-refractivity contribution is 7.80. The van der Waals surface area contributed by atoms with Crippen LogP contribution in [-0.4, -0.2) is 17.6 Å². The molecule has 0 bridgehead atoms. The van der Waals surface area contributed by atoms with E-state index in [-0.39, 0.29) is 5.91 Å². The molecule has 1 aromatic rings. The van der Waals surface area contributed by atoms with E-state index in [1.54, 1.807) is 6.08 Å². The van der Waals surface area contributed by atoms with Crippen molar-refractivity contribution in [1.82, 2.24) is 10.6 Å². The molecule has 0 spiro atoms. The van der Waals surface area contributed by atoms with E-state index in [0.29, 0.717) is 11.7 Å². The molecule has 0 fully saturated rings. The second-order valence-corrected chi connectivity index (χ2v) is 4.00. The number of hydrogen-bond donors (Lipinski definition) is 2. The number of thiocarbonyl (C=S) groups is 1. The van der Waals surface area contributed by atoms with Crippen molar-refractivity contribution >= 4 is 29.3 Å². The molecule has 0 saturated heterocycles. The van der Waals surface area contributed by atoms with Crippen LogP contribution in [-0.2, 0) is 4.79 Å². The molecule has 3 nitrogen and oxygen atoms in total. The average molecular weight is 248 g/mol. The first kappa shape index (κ1) is 13.4. The van der Waals surface area contributed by atoms with Crippen LogP contribution < -0.4 is 10.6 Å². The number of hydrogen-bond acceptors (Lipinski definition) is 2. The quantitative estimate of drug-likeness (QED) is 0.635. The first-order chi connectivity index (χ1) is 8.11. The molecular weight excluding hydrogens is 232 g/mol. The molecule has 4 heteroatoms. The van der Waals surface area contributed by atoms with Gasteiger partial charge >= 0.3 is 0 Å². The second-order valence-electron chi connectivity index (χ2n) is 3.59. The molecule has 0 heterocycles. The molecule has 1 amide bonds. The lowest BCUT2D eigenvalue weighted by molar-refractivity contribution is -0.115. The maximum atomic E-state index is 11.4. The van der Waals surface area contributed by atoms with Crippen molar-refractivity contribution in [2.75, 3.05) is 6.54 Å². The van der Waals surface area contributed by atoms with Gasteiger partial charge in [0.2, 0.25) is 5.91 Å². The van der Waals surface area contributed by atoms with Crippen LogP contribution in [0.3, 0.4) is 0 Å². The van der Waals surface area contributed by atoms with Crippen molar-refractivity contribution in [1.29, 1.82) is 0 Å². The molecular formula is C13H16N2OS. The van der Waals surface area contributed by atoms with Crippen LogP contribution in [0.25, 0.3) is 6.08 Å². The number of rotatable bonds is 3. The van der Waals surface area contributed by atoms with Gasteiger partial charge in [-0.2, -0.15) is 0 Å². The third-order valence-corrected chi connectivity index (χ3v) is 2.32. The van der Waals surface area contributed by atoms with Gasteiger partial charge in [0.25, 0.3) is 0 Å². The van der Waals surface area contributed by atoms with E-state index in [2.05, 4.69) is 10.6 Å². The van der Waals surface area contributed by atoms with Gasteiger partial charge in [-0.1, -0.05) is 29.8 Å². The van der Waals surface area contributed by atoms with Crippen molar-refractivity contribution in [3.8, 4) is 0 Å². The summed E-state index contributed by atoms with van der Waals surface area (Å²) in [5, 5.41) is 5.76. The Morgan fingerprint density at radius 1 is 1.35 bits per heavy atom. The standard InChI is InChI=1S/C13H16N2OS/c1-3-14-13(17)15-12(16)9-8-11-6-4-10(2)5-7-11/h4-9H,3H2,1-2H3,(H2,14,15,16,17)/b9-8+. The molecule has 0 aromatic heterocycles. The van der Waals surface area contributed by atoms with E-state index in [9.17, 15) is 4.79 Å². The molecule has 17 heavy (non-hydrogen) atoms. The lowest BCUT2D eigenvalue weighted by Crippen LogP contribution is -2.38. The molecule has 0 aliphatic heterocycles. The molecule has 0 radical (unpaired) electrons. The third-order valence-electron chi connectivity index (χ3n) is 2.08. The van der Waals surface area contributed by atoms with Gasteiger partial charge in [0, 0.05) is 12.6 Å². The van der Waals surface area contributed by atoms with E-state index in [4.69, 9.17) is 12.2 Å². The number of carbonyl (C=O) groups excluding carboxylic acids is 1. The smallest absolute Gasteiger partial charge is 0.250 e. The van der Waals surface area contributed by atoms with Crippen molar-refractivity contribution in [2.24, 2.45) is 0 Å². The molecule has 1 rings (SSSR count). The SMILES string of the molecule is CCNC(=S)NC(=O)/C=C/c1ccc(C)cc1. The molecule has 0 atom stereocenters. The maximum absolute atomic E-state index is 11.4. The Bertz CT molecular complexity index is 424. The number of benzene rings is 1. The van der Waals surface area contributed by atoms with Crippen molar-refractivity contribution in [2.45, 2.75) is 13.8 Å². The van der Waals surface area contributed by atoms with Gasteiger partial charge in [-0.25, -0.2) is 0 Å². The zero-order valence-corrected chi connectivity index (χ0v) is 10.8. The lowest BCUT2D eigenvalue weighted by atomic mass is 10.1. The zero-order chi connectivity index (χ0) is 12.7. The second kappa shape index (κ2) is 6.81. The maximum Gasteiger partial charge on any atom is 0.250 e. The molecule has 0 saturated carbocycles. The summed E-state index contributed by atoms with van der Waals surface area (Å²) >= 11 is 4.90. The minimum absolute atomic E-state index is 0.225. The van der Waals surface area contributed by atoms with Crippen LogP contribution in [0, 0.1) is 6.92 Å². The van der Waals surface area contributed by atoms with E-state index in [1.807, 2.05) is 38.1 Å². The Labute approximate surface area is 107 Å². The molecule has 0 aliphatic carbocycles. The van der Waals surface area contributed by atoms with Gasteiger partial charge in [0.15, 0.2) is 5.11 Å². The summed E-state index contributed by atoms with van der Waals surface area (Å²) in [4.78, 5) is 11.4. The number of aryl methyl sites for hydroxylation is 1.